The Kier molecular flexibility index (Phi) is 28.9. The first-order chi connectivity index (χ1) is 33.2. The number of nitriles is 1. The Morgan fingerprint density at radius 2 is 1.06 bits per heavy atom. The van der Waals surface area contributed by atoms with Crippen LogP contribution in [0.2, 0.25) is 30.1 Å². The lowest BCUT2D eigenvalue weighted by atomic mass is 10.0. The molecule has 0 unspecified atom stereocenters. The fraction of sp³-hybridized carbons (Fsp3) is 0.460. The minimum atomic E-state index is 0. The summed E-state index contributed by atoms with van der Waals surface area (Å²) < 4.78 is 0. The van der Waals surface area contributed by atoms with E-state index in [1.807, 2.05) is 53.5 Å². The quantitative estimate of drug-likeness (QED) is 0.119. The molecule has 2 atom stereocenters. The fourth-order valence-corrected chi connectivity index (χ4v) is 9.70. The molecule has 2 amide bonds. The highest BCUT2D eigenvalue weighted by Crippen LogP contribution is 2.38. The van der Waals surface area contributed by atoms with E-state index < -0.39 is 0 Å². The van der Waals surface area contributed by atoms with Gasteiger partial charge in [0, 0.05) is 118 Å². The third-order valence-electron chi connectivity index (χ3n) is 11.9. The minimum absolute atomic E-state index is 0. The molecule has 0 saturated carbocycles. The first-order valence-electron chi connectivity index (χ1n) is 23.3. The maximum absolute atomic E-state index is 11.4. The number of nitrogens with zero attached hydrogens (tertiary/aromatic N) is 7. The number of alkyl halides is 1. The summed E-state index contributed by atoms with van der Waals surface area (Å²) in [7, 11) is 0. The van der Waals surface area contributed by atoms with Crippen molar-refractivity contribution in [2.75, 3.05) is 107 Å². The van der Waals surface area contributed by atoms with Crippen LogP contribution < -0.4 is 26.1 Å². The number of nitrogens with one attached hydrogen (secondary N) is 3. The highest BCUT2D eigenvalue weighted by atomic mass is 35.5. The minimum Gasteiger partial charge on any atom is -0.361 e. The second-order valence-corrected chi connectivity index (χ2v) is 19.3. The van der Waals surface area contributed by atoms with E-state index in [9.17, 15) is 9.59 Å². The fourth-order valence-electron chi connectivity index (χ4n) is 8.18. The van der Waals surface area contributed by atoms with Crippen LogP contribution in [0, 0.1) is 11.3 Å². The van der Waals surface area contributed by atoms with Crippen molar-refractivity contribution < 1.29 is 9.59 Å². The van der Waals surface area contributed by atoms with Gasteiger partial charge in [-0.2, -0.15) is 5.26 Å². The summed E-state index contributed by atoms with van der Waals surface area (Å²) in [6.45, 7) is 21.1. The molecule has 70 heavy (non-hydrogen) atoms. The molecule has 3 N–H and O–H groups in total. The van der Waals surface area contributed by atoms with Gasteiger partial charge in [-0.3, -0.25) is 30.2 Å². The Labute approximate surface area is 456 Å². The van der Waals surface area contributed by atoms with Crippen molar-refractivity contribution in [2.45, 2.75) is 52.6 Å². The lowest BCUT2D eigenvalue weighted by Crippen LogP contribution is -2.51. The van der Waals surface area contributed by atoms with Crippen molar-refractivity contribution in [3.63, 3.8) is 0 Å². The number of hydrogen-bond donors (Lipinski definition) is 3. The normalized spacial score (nSPS) is 18.0. The number of anilines is 2. The molecule has 0 spiro atoms. The molecule has 0 aliphatic carbocycles. The highest BCUT2D eigenvalue weighted by molar-refractivity contribution is 6.37. The van der Waals surface area contributed by atoms with Crippen LogP contribution in [0.5, 0.6) is 0 Å². The molecule has 8 rings (SSSR count). The molecule has 12 nitrogen and oxygen atoms in total. The number of carbonyl (C=O) groups excluding carboxylic acids is 2. The van der Waals surface area contributed by atoms with Gasteiger partial charge in [0.2, 0.25) is 11.8 Å². The average Bonchev–Trinajstić information content (AvgIpc) is 4.01. The third-order valence-corrected chi connectivity index (χ3v) is 13.7. The van der Waals surface area contributed by atoms with E-state index in [0.717, 1.165) is 93.4 Å². The van der Waals surface area contributed by atoms with Gasteiger partial charge in [-0.25, -0.2) is 10.4 Å². The number of rotatable bonds is 12. The molecule has 4 aliphatic heterocycles. The maximum atomic E-state index is 11.4. The molecule has 20 heteroatoms. The molecule has 0 bridgehead atoms. The first kappa shape index (κ1) is 61.3. The number of halogens is 8. The van der Waals surface area contributed by atoms with E-state index in [1.165, 1.54) is 37.7 Å². The van der Waals surface area contributed by atoms with Gasteiger partial charge in [-0.1, -0.05) is 115 Å². The van der Waals surface area contributed by atoms with Crippen LogP contribution in [-0.2, 0) is 9.59 Å². The largest absolute Gasteiger partial charge is 0.361 e. The Morgan fingerprint density at radius 1 is 0.614 bits per heavy atom. The van der Waals surface area contributed by atoms with Crippen LogP contribution in [0.15, 0.2) is 84.9 Å². The summed E-state index contributed by atoms with van der Waals surface area (Å²) in [5.41, 5.74) is 12.4. The van der Waals surface area contributed by atoms with Crippen molar-refractivity contribution in [1.29, 1.82) is 5.26 Å². The predicted octanol–water partition coefficient (Wildman–Crippen LogP) is 11.3. The molecule has 0 radical (unpaired) electrons. The van der Waals surface area contributed by atoms with Crippen molar-refractivity contribution in [1.82, 2.24) is 36.0 Å². The molecule has 4 fully saturated rings. The summed E-state index contributed by atoms with van der Waals surface area (Å²) in [5, 5.41) is 13.4. The third kappa shape index (κ3) is 20.1. The zero-order valence-corrected chi connectivity index (χ0v) is 46.4. The Morgan fingerprint density at radius 3 is 1.39 bits per heavy atom. The van der Waals surface area contributed by atoms with Crippen LogP contribution in [0.25, 0.3) is 0 Å². The van der Waals surface area contributed by atoms with Crippen molar-refractivity contribution in [3.8, 4) is 6.07 Å². The summed E-state index contributed by atoms with van der Waals surface area (Å²) in [4.78, 5) is 33.4. The number of piperazine rings is 2. The van der Waals surface area contributed by atoms with Crippen LogP contribution in [0.1, 0.15) is 63.7 Å². The summed E-state index contributed by atoms with van der Waals surface area (Å²) in [6.07, 6.45) is 1.20. The summed E-state index contributed by atoms with van der Waals surface area (Å²) in [6, 6.07) is 29.4. The van der Waals surface area contributed by atoms with Crippen LogP contribution in [0.3, 0.4) is 0 Å². The molecule has 4 aromatic rings. The van der Waals surface area contributed by atoms with Gasteiger partial charge < -0.3 is 14.7 Å². The van der Waals surface area contributed by atoms with Gasteiger partial charge in [-0.05, 0) is 91.4 Å². The van der Waals surface area contributed by atoms with E-state index in [4.69, 9.17) is 86.5 Å². The van der Waals surface area contributed by atoms with Crippen LogP contribution in [-0.4, -0.2) is 129 Å². The molecular weight excluding hydrogens is 1060 g/mol. The standard InChI is InChI=1S/C21H23Cl3N4O.C18H18Cl4N2.C6H15N.C3H6N2O.C2H3N.ClH/c22-16-3-1-15(2-4-16)20-14-26(9-11-27-8-7-21(29)25-27)10-12-28(20)19-6-5-17(23)13-18(19)24;19-7-8-23-9-10-24(17-6-5-15(21)11-16(17)22)18(12-23)13-1-3-14(20)4-2-13;1-4-7(5-2)6-3;6-3-1-2-4-5-3;1-2-3;/h1-6,13,20H,7-12,14H2,(H,25,29);1-6,11,18H,7-10,12H2;4-6H2,1-3H3;4H,1-2H2,(H,5,6);1H3;1H/t20-;18-;;;;/m00..../s1. The van der Waals surface area contributed by atoms with Gasteiger partial charge >= 0.3 is 0 Å². The smallest absolute Gasteiger partial charge is 0.235 e. The molecule has 0 aromatic heterocycles. The van der Waals surface area contributed by atoms with E-state index in [1.54, 1.807) is 18.2 Å². The van der Waals surface area contributed by atoms with Crippen LogP contribution >= 0.6 is 93.6 Å². The number of carbonyl (C=O) groups is 2. The zero-order chi connectivity index (χ0) is 50.3. The van der Waals surface area contributed by atoms with Gasteiger partial charge in [0.05, 0.1) is 39.6 Å². The monoisotopic (exact) mass is 1120 g/mol. The number of hydrogen-bond acceptors (Lipinski definition) is 10. The molecule has 4 aromatic carbocycles. The second-order valence-electron chi connectivity index (χ2n) is 16.3. The van der Waals surface area contributed by atoms with Crippen molar-refractivity contribution in [3.05, 3.63) is 126 Å². The first-order valence-corrected chi connectivity index (χ1v) is 26.1. The summed E-state index contributed by atoms with van der Waals surface area (Å²) in [5.74, 6) is 0.830. The SMILES string of the molecule is CC#N.CCN(CC)CC.Cl.ClCCN1CCN(c2ccc(Cl)cc2Cl)[C@H](c2ccc(Cl)cc2)C1.O=C1CCN(CCN2CCN(c3ccc(Cl)cc3Cl)[C@H](c3ccc(Cl)cc3)C2)N1.O=C1CCNN1. The van der Waals surface area contributed by atoms with E-state index in [0.29, 0.717) is 38.8 Å². The zero-order valence-electron chi connectivity index (χ0n) is 40.3. The van der Waals surface area contributed by atoms with E-state index >= 15 is 0 Å². The number of hydrazine groups is 2. The number of amides is 2. The molecule has 384 valence electrons. The topological polar surface area (TPSA) is 113 Å². The Bertz CT molecular complexity index is 2210. The predicted molar refractivity (Wildman–Crippen MR) is 297 cm³/mol. The van der Waals surface area contributed by atoms with Gasteiger partial charge in [0.1, 0.15) is 0 Å². The molecular formula is C50H66Cl8N10O2. The van der Waals surface area contributed by atoms with Gasteiger partial charge in [0.25, 0.3) is 0 Å². The average molecular weight is 1120 g/mol. The lowest BCUT2D eigenvalue weighted by molar-refractivity contribution is -0.121. The summed E-state index contributed by atoms with van der Waals surface area (Å²) >= 11 is 43.2. The van der Waals surface area contributed by atoms with Gasteiger partial charge in [0.15, 0.2) is 0 Å². The highest BCUT2D eigenvalue weighted by Gasteiger charge is 2.31. The Balaban J connectivity index is 0.000000282. The lowest BCUT2D eigenvalue weighted by Gasteiger charge is -2.43. The maximum Gasteiger partial charge on any atom is 0.235 e. The second kappa shape index (κ2) is 33.0. The van der Waals surface area contributed by atoms with Crippen molar-refractivity contribution in [2.24, 2.45) is 0 Å². The Hall–Kier alpha value is -2.97. The molecule has 4 heterocycles. The van der Waals surface area contributed by atoms with Gasteiger partial charge in [-0.15, -0.1) is 24.0 Å². The molecule has 4 saturated heterocycles. The van der Waals surface area contributed by atoms with E-state index in [2.05, 4.69) is 85.8 Å². The molecule has 4 aliphatic rings. The van der Waals surface area contributed by atoms with Crippen molar-refractivity contribution >= 4 is 117 Å². The van der Waals surface area contributed by atoms with Crippen LogP contribution in [0.4, 0.5) is 11.4 Å². The number of benzene rings is 4. The van der Waals surface area contributed by atoms with E-state index in [-0.39, 0.29) is 36.3 Å².